The van der Waals surface area contributed by atoms with Gasteiger partial charge >= 0.3 is 5.69 Å². The van der Waals surface area contributed by atoms with Gasteiger partial charge in [0, 0.05) is 17.7 Å². The minimum absolute atomic E-state index is 0.00928. The highest BCUT2D eigenvalue weighted by atomic mass is 32.1. The van der Waals surface area contributed by atoms with E-state index in [9.17, 15) is 9.90 Å². The van der Waals surface area contributed by atoms with Crippen molar-refractivity contribution in [3.8, 4) is 11.5 Å². The molecule has 0 spiro atoms. The van der Waals surface area contributed by atoms with Gasteiger partial charge in [-0.3, -0.25) is 0 Å². The molecule has 4 heterocycles. The number of aromatic amines is 1. The summed E-state index contributed by atoms with van der Waals surface area (Å²) in [5.74, 6) is 2.06. The Morgan fingerprint density at radius 2 is 1.57 bits per heavy atom. The standard InChI is InChI=1S/C35H35N5O6S/c1-21-18-36-32(42)38-28(21)30-29-31(41)34(46-30,19-40(29)33-37-22(2)39-47-33)20-45-35(23-8-6-5-7-9-23,24-10-14-26(43-3)15-11-24)25-12-16-27(44-4)17-13-25/h5-18,29-31,41H,19-20H2,1-4H3,(H,36,38,42)/t29-,30-,31-,34+/m0/s1. The van der Waals surface area contributed by atoms with Crippen LogP contribution in [0.5, 0.6) is 11.5 Å². The van der Waals surface area contributed by atoms with Crippen LogP contribution >= 0.6 is 11.5 Å². The van der Waals surface area contributed by atoms with E-state index >= 15 is 0 Å². The number of nitrogens with one attached hydrogen (secondary N) is 1. The minimum atomic E-state index is -1.20. The molecule has 0 saturated carbocycles. The number of anilines is 1. The second-order valence-corrected chi connectivity index (χ2v) is 12.6. The first kappa shape index (κ1) is 31.0. The molecule has 12 heteroatoms. The van der Waals surface area contributed by atoms with E-state index in [1.807, 2.05) is 97.6 Å². The molecule has 5 aromatic rings. The number of hydrogen-bond acceptors (Lipinski definition) is 11. The first-order valence-corrected chi connectivity index (χ1v) is 16.0. The maximum Gasteiger partial charge on any atom is 0.345 e. The van der Waals surface area contributed by atoms with Crippen LogP contribution in [0.4, 0.5) is 5.13 Å². The number of ether oxygens (including phenoxy) is 4. The van der Waals surface area contributed by atoms with E-state index in [0.29, 0.717) is 34.7 Å². The number of aliphatic hydroxyl groups is 1. The summed E-state index contributed by atoms with van der Waals surface area (Å²) < 4.78 is 29.4. The van der Waals surface area contributed by atoms with Crippen molar-refractivity contribution in [1.29, 1.82) is 0 Å². The molecule has 2 fully saturated rings. The number of hydrogen-bond donors (Lipinski definition) is 2. The number of morpholine rings is 1. The zero-order valence-electron chi connectivity index (χ0n) is 26.4. The van der Waals surface area contributed by atoms with Crippen molar-refractivity contribution < 1.29 is 24.1 Å². The largest absolute Gasteiger partial charge is 0.497 e. The van der Waals surface area contributed by atoms with Gasteiger partial charge in [-0.15, -0.1) is 0 Å². The molecule has 2 bridgehead atoms. The Morgan fingerprint density at radius 3 is 2.15 bits per heavy atom. The second-order valence-electron chi connectivity index (χ2n) is 11.9. The molecule has 242 valence electrons. The van der Waals surface area contributed by atoms with E-state index in [4.69, 9.17) is 18.9 Å². The van der Waals surface area contributed by atoms with Crippen molar-refractivity contribution in [1.82, 2.24) is 19.3 Å². The van der Waals surface area contributed by atoms with Crippen LogP contribution in [-0.2, 0) is 15.1 Å². The molecule has 2 saturated heterocycles. The molecule has 0 aliphatic carbocycles. The van der Waals surface area contributed by atoms with Crippen LogP contribution in [0.1, 0.15) is 39.9 Å². The first-order valence-electron chi connectivity index (χ1n) is 15.3. The summed E-state index contributed by atoms with van der Waals surface area (Å²) in [6, 6.07) is 24.9. The number of aryl methyl sites for hydroxylation is 2. The summed E-state index contributed by atoms with van der Waals surface area (Å²) in [5.41, 5.74) is 0.979. The highest BCUT2D eigenvalue weighted by Gasteiger charge is 2.65. The molecule has 3 aromatic carbocycles. The molecule has 2 aliphatic rings. The molecule has 4 atom stereocenters. The molecule has 11 nitrogen and oxygen atoms in total. The second kappa shape index (κ2) is 12.2. The lowest BCUT2D eigenvalue weighted by atomic mass is 9.79. The molecule has 2 N–H and O–H groups in total. The van der Waals surface area contributed by atoms with Crippen molar-refractivity contribution in [3.05, 3.63) is 129 Å². The van der Waals surface area contributed by atoms with Crippen molar-refractivity contribution >= 4 is 16.7 Å². The average Bonchev–Trinajstić information content (AvgIpc) is 3.75. The third-order valence-corrected chi connectivity index (χ3v) is 9.95. The molecule has 7 rings (SSSR count). The molecular weight excluding hydrogens is 618 g/mol. The number of rotatable bonds is 10. The SMILES string of the molecule is COc1ccc(C(OC[C@@]23CN(c4nc(C)ns4)[C@@H]([C@H](c4nc(=O)[nH]cc4C)O2)[C@@H]3O)(c2ccccc2)c2ccc(OC)cc2)cc1. The van der Waals surface area contributed by atoms with Gasteiger partial charge in [0.05, 0.1) is 39.1 Å². The fraction of sp³-hybridized carbons (Fsp3) is 0.314. The first-order chi connectivity index (χ1) is 22.8. The Hall–Kier alpha value is -4.62. The summed E-state index contributed by atoms with van der Waals surface area (Å²) in [4.78, 5) is 26.0. The number of aromatic nitrogens is 4. The summed E-state index contributed by atoms with van der Waals surface area (Å²) in [6.07, 6.45) is -0.109. The lowest BCUT2D eigenvalue weighted by molar-refractivity contribution is -0.145. The van der Waals surface area contributed by atoms with Gasteiger partial charge in [0.15, 0.2) is 0 Å². The van der Waals surface area contributed by atoms with Crippen molar-refractivity contribution in [2.45, 2.75) is 43.3 Å². The van der Waals surface area contributed by atoms with E-state index in [0.717, 1.165) is 22.3 Å². The number of H-pyrrole nitrogens is 1. The molecule has 0 unspecified atom stereocenters. The molecule has 47 heavy (non-hydrogen) atoms. The normalized spacial score (nSPS) is 22.1. The van der Waals surface area contributed by atoms with Gasteiger partial charge in [0.2, 0.25) is 5.13 Å². The third kappa shape index (κ3) is 5.27. The zero-order valence-corrected chi connectivity index (χ0v) is 27.2. The monoisotopic (exact) mass is 653 g/mol. The Kier molecular flexibility index (Phi) is 8.04. The predicted octanol–water partition coefficient (Wildman–Crippen LogP) is 4.32. The number of aliphatic hydroxyl groups excluding tert-OH is 1. The van der Waals surface area contributed by atoms with Gasteiger partial charge in [-0.25, -0.2) is 9.78 Å². The summed E-state index contributed by atoms with van der Waals surface area (Å²) in [6.45, 7) is 3.97. The van der Waals surface area contributed by atoms with Gasteiger partial charge in [-0.05, 0) is 60.4 Å². The molecule has 0 amide bonds. The van der Waals surface area contributed by atoms with E-state index in [2.05, 4.69) is 19.3 Å². The highest BCUT2D eigenvalue weighted by Crippen LogP contribution is 2.52. The van der Waals surface area contributed by atoms with Crippen LogP contribution in [-0.4, -0.2) is 69.6 Å². The number of fused-ring (bicyclic) bond motifs is 2. The van der Waals surface area contributed by atoms with Gasteiger partial charge in [-0.2, -0.15) is 9.36 Å². The van der Waals surface area contributed by atoms with E-state index < -0.39 is 35.1 Å². The van der Waals surface area contributed by atoms with Crippen molar-refractivity contribution in [2.75, 3.05) is 32.3 Å². The van der Waals surface area contributed by atoms with Crippen molar-refractivity contribution in [3.63, 3.8) is 0 Å². The fourth-order valence-corrected chi connectivity index (χ4v) is 7.49. The number of benzene rings is 3. The fourth-order valence-electron chi connectivity index (χ4n) is 6.77. The van der Waals surface area contributed by atoms with E-state index in [1.54, 1.807) is 20.4 Å². The maximum absolute atomic E-state index is 12.4. The summed E-state index contributed by atoms with van der Waals surface area (Å²) >= 11 is 1.26. The smallest absolute Gasteiger partial charge is 0.345 e. The molecule has 2 aromatic heterocycles. The highest BCUT2D eigenvalue weighted by molar-refractivity contribution is 7.09. The quantitative estimate of drug-likeness (QED) is 0.210. The Labute approximate surface area is 275 Å². The summed E-state index contributed by atoms with van der Waals surface area (Å²) in [7, 11) is 3.26. The lowest BCUT2D eigenvalue weighted by Crippen LogP contribution is -2.50. The Bertz CT molecular complexity index is 1870. The third-order valence-electron chi connectivity index (χ3n) is 9.11. The minimum Gasteiger partial charge on any atom is -0.497 e. The molecule has 2 aliphatic heterocycles. The van der Waals surface area contributed by atoms with Crippen LogP contribution in [0.2, 0.25) is 0 Å². The number of methoxy groups -OCH3 is 2. The van der Waals surface area contributed by atoms with E-state index in [-0.39, 0.29) is 6.61 Å². The van der Waals surface area contributed by atoms with Gasteiger partial charge in [-0.1, -0.05) is 54.6 Å². The topological polar surface area (TPSA) is 132 Å². The van der Waals surface area contributed by atoms with Crippen LogP contribution in [0.25, 0.3) is 0 Å². The van der Waals surface area contributed by atoms with Crippen LogP contribution < -0.4 is 20.1 Å². The number of nitrogens with zero attached hydrogens (tertiary/aromatic N) is 4. The molecular formula is C35H35N5O6S. The lowest BCUT2D eigenvalue weighted by Gasteiger charge is -2.41. The van der Waals surface area contributed by atoms with Crippen LogP contribution in [0.15, 0.2) is 89.9 Å². The van der Waals surface area contributed by atoms with Crippen LogP contribution in [0, 0.1) is 13.8 Å². The average molecular weight is 654 g/mol. The maximum atomic E-state index is 12.4. The van der Waals surface area contributed by atoms with Crippen LogP contribution in [0.3, 0.4) is 0 Å². The van der Waals surface area contributed by atoms with Gasteiger partial charge < -0.3 is 33.9 Å². The summed E-state index contributed by atoms with van der Waals surface area (Å²) in [5, 5.41) is 12.8. The zero-order chi connectivity index (χ0) is 32.8. The Balaban J connectivity index is 1.36. The van der Waals surface area contributed by atoms with Gasteiger partial charge in [0.1, 0.15) is 40.7 Å². The van der Waals surface area contributed by atoms with Crippen molar-refractivity contribution in [2.24, 2.45) is 0 Å². The van der Waals surface area contributed by atoms with E-state index in [1.165, 1.54) is 11.5 Å². The predicted molar refractivity (Wildman–Crippen MR) is 176 cm³/mol. The molecule has 0 radical (unpaired) electrons. The Morgan fingerprint density at radius 1 is 0.957 bits per heavy atom. The van der Waals surface area contributed by atoms with Gasteiger partial charge in [0.25, 0.3) is 0 Å².